The van der Waals surface area contributed by atoms with Crippen molar-refractivity contribution in [3.63, 3.8) is 0 Å². The topological polar surface area (TPSA) is 24.5 Å². The molecule has 0 fully saturated rings. The number of para-hydroxylation sites is 1. The van der Waals surface area contributed by atoms with E-state index in [1.54, 1.807) is 0 Å². The number of anilines is 1. The average molecular weight is 303 g/mol. The van der Waals surface area contributed by atoms with Gasteiger partial charge in [-0.3, -0.25) is 0 Å². The van der Waals surface area contributed by atoms with Crippen LogP contribution in [0.15, 0.2) is 48.5 Å². The van der Waals surface area contributed by atoms with Crippen molar-refractivity contribution in [1.82, 2.24) is 5.32 Å². The average Bonchev–Trinajstić information content (AvgIpc) is 2.72. The fourth-order valence-electron chi connectivity index (χ4n) is 2.56. The number of hydrogen-bond acceptors (Lipinski definition) is 3. The predicted octanol–water partition coefficient (Wildman–Crippen LogP) is 3.33. The van der Waals surface area contributed by atoms with E-state index in [1.807, 2.05) is 24.3 Å². The van der Waals surface area contributed by atoms with E-state index in [1.165, 1.54) is 11.3 Å². The van der Waals surface area contributed by atoms with Gasteiger partial charge in [0, 0.05) is 30.3 Å². The lowest BCUT2D eigenvalue weighted by molar-refractivity contribution is 0.324. The van der Waals surface area contributed by atoms with Gasteiger partial charge in [0.25, 0.3) is 0 Å². The Hall–Kier alpha value is -1.71. The van der Waals surface area contributed by atoms with Crippen LogP contribution in [-0.2, 0) is 6.54 Å². The molecule has 3 rings (SSSR count). The van der Waals surface area contributed by atoms with Gasteiger partial charge in [-0.2, -0.15) is 0 Å². The zero-order chi connectivity index (χ0) is 14.5. The van der Waals surface area contributed by atoms with E-state index < -0.39 is 0 Å². The van der Waals surface area contributed by atoms with E-state index in [9.17, 15) is 0 Å². The third-order valence-corrected chi connectivity index (χ3v) is 3.90. The van der Waals surface area contributed by atoms with Gasteiger partial charge in [0.1, 0.15) is 12.4 Å². The predicted molar refractivity (Wildman–Crippen MR) is 87.3 cm³/mol. The van der Waals surface area contributed by atoms with Crippen LogP contribution >= 0.6 is 11.6 Å². The molecular formula is C17H19ClN2O. The number of halogens is 1. The van der Waals surface area contributed by atoms with Crippen molar-refractivity contribution in [2.45, 2.75) is 6.54 Å². The number of fused-ring (bicyclic) bond motifs is 1. The van der Waals surface area contributed by atoms with Crippen LogP contribution in [0.4, 0.5) is 5.69 Å². The zero-order valence-corrected chi connectivity index (χ0v) is 12.6. The van der Waals surface area contributed by atoms with Crippen LogP contribution in [0.2, 0.25) is 5.02 Å². The number of ether oxygens (including phenoxy) is 1. The van der Waals surface area contributed by atoms with Gasteiger partial charge in [-0.1, -0.05) is 29.8 Å². The van der Waals surface area contributed by atoms with Gasteiger partial charge in [-0.05, 0) is 35.9 Å². The minimum Gasteiger partial charge on any atom is -0.492 e. The van der Waals surface area contributed by atoms with Crippen molar-refractivity contribution in [3.05, 3.63) is 59.1 Å². The Bertz CT molecular complexity index is 586. The monoisotopic (exact) mass is 302 g/mol. The molecule has 0 amide bonds. The maximum absolute atomic E-state index is 5.87. The standard InChI is InChI=1S/C17H19ClN2O/c18-15-5-7-16(8-6-15)21-12-11-20-10-9-19-13-14-3-1-2-4-17(14)20/h1-8,19H,9-13H2. The Morgan fingerprint density at radius 2 is 1.90 bits per heavy atom. The maximum atomic E-state index is 5.87. The van der Waals surface area contributed by atoms with Crippen molar-refractivity contribution >= 4 is 17.3 Å². The third-order valence-electron chi connectivity index (χ3n) is 3.65. The third kappa shape index (κ3) is 3.69. The molecule has 1 aliphatic rings. The molecule has 0 atom stereocenters. The summed E-state index contributed by atoms with van der Waals surface area (Å²) in [5.74, 6) is 0.862. The van der Waals surface area contributed by atoms with Gasteiger partial charge >= 0.3 is 0 Å². The van der Waals surface area contributed by atoms with Crippen LogP contribution in [-0.4, -0.2) is 26.2 Å². The van der Waals surface area contributed by atoms with Crippen molar-refractivity contribution in [2.24, 2.45) is 0 Å². The first-order chi connectivity index (χ1) is 10.3. The molecule has 2 aromatic rings. The minimum atomic E-state index is 0.663. The molecule has 0 bridgehead atoms. The summed E-state index contributed by atoms with van der Waals surface area (Å²) in [6.07, 6.45) is 0. The van der Waals surface area contributed by atoms with Crippen LogP contribution in [0.3, 0.4) is 0 Å². The molecule has 110 valence electrons. The Morgan fingerprint density at radius 3 is 2.76 bits per heavy atom. The second-order valence-electron chi connectivity index (χ2n) is 5.09. The highest BCUT2D eigenvalue weighted by Gasteiger charge is 2.13. The van der Waals surface area contributed by atoms with Gasteiger partial charge < -0.3 is 15.0 Å². The van der Waals surface area contributed by atoms with Crippen molar-refractivity contribution < 1.29 is 4.74 Å². The van der Waals surface area contributed by atoms with Crippen LogP contribution in [0.25, 0.3) is 0 Å². The normalized spacial score (nSPS) is 14.4. The van der Waals surface area contributed by atoms with Crippen molar-refractivity contribution in [2.75, 3.05) is 31.1 Å². The summed E-state index contributed by atoms with van der Waals surface area (Å²) in [4.78, 5) is 2.38. The summed E-state index contributed by atoms with van der Waals surface area (Å²) in [6.45, 7) is 4.47. The minimum absolute atomic E-state index is 0.663. The van der Waals surface area contributed by atoms with E-state index in [4.69, 9.17) is 16.3 Å². The van der Waals surface area contributed by atoms with Crippen LogP contribution in [0.1, 0.15) is 5.56 Å². The highest BCUT2D eigenvalue weighted by atomic mass is 35.5. The van der Waals surface area contributed by atoms with Crippen molar-refractivity contribution in [1.29, 1.82) is 0 Å². The lowest BCUT2D eigenvalue weighted by Gasteiger charge is -2.24. The summed E-state index contributed by atoms with van der Waals surface area (Å²) < 4.78 is 5.80. The number of benzene rings is 2. The maximum Gasteiger partial charge on any atom is 0.119 e. The second kappa shape index (κ2) is 6.83. The molecule has 0 saturated carbocycles. The molecule has 0 aromatic heterocycles. The first-order valence-corrected chi connectivity index (χ1v) is 7.63. The zero-order valence-electron chi connectivity index (χ0n) is 11.9. The summed E-state index contributed by atoms with van der Waals surface area (Å²) >= 11 is 5.87. The molecule has 0 aliphatic carbocycles. The van der Waals surface area contributed by atoms with Crippen LogP contribution in [0, 0.1) is 0 Å². The quantitative estimate of drug-likeness (QED) is 0.937. The van der Waals surface area contributed by atoms with E-state index in [2.05, 4.69) is 34.5 Å². The summed E-state index contributed by atoms with van der Waals surface area (Å²) in [5, 5.41) is 4.18. The molecule has 1 heterocycles. The van der Waals surface area contributed by atoms with Crippen molar-refractivity contribution in [3.8, 4) is 5.75 Å². The molecule has 1 N–H and O–H groups in total. The van der Waals surface area contributed by atoms with Gasteiger partial charge in [-0.25, -0.2) is 0 Å². The summed E-state index contributed by atoms with van der Waals surface area (Å²) in [6, 6.07) is 16.1. The van der Waals surface area contributed by atoms with Gasteiger partial charge in [-0.15, -0.1) is 0 Å². The molecule has 2 aromatic carbocycles. The number of nitrogens with one attached hydrogen (secondary N) is 1. The molecular weight excluding hydrogens is 284 g/mol. The highest BCUT2D eigenvalue weighted by molar-refractivity contribution is 6.30. The largest absolute Gasteiger partial charge is 0.492 e. The Balaban J connectivity index is 1.61. The van der Waals surface area contributed by atoms with Gasteiger partial charge in [0.15, 0.2) is 0 Å². The molecule has 1 aliphatic heterocycles. The lowest BCUT2D eigenvalue weighted by Crippen LogP contribution is -2.32. The Morgan fingerprint density at radius 1 is 1.10 bits per heavy atom. The van der Waals surface area contributed by atoms with Crippen LogP contribution in [0.5, 0.6) is 5.75 Å². The van der Waals surface area contributed by atoms with Crippen LogP contribution < -0.4 is 15.0 Å². The van der Waals surface area contributed by atoms with Gasteiger partial charge in [0.05, 0.1) is 6.54 Å². The smallest absolute Gasteiger partial charge is 0.119 e. The first kappa shape index (κ1) is 14.2. The first-order valence-electron chi connectivity index (χ1n) is 7.25. The van der Waals surface area contributed by atoms with Gasteiger partial charge in [0.2, 0.25) is 0 Å². The Kier molecular flexibility index (Phi) is 4.63. The fraction of sp³-hybridized carbons (Fsp3) is 0.294. The van der Waals surface area contributed by atoms with E-state index in [-0.39, 0.29) is 0 Å². The molecule has 4 heteroatoms. The molecule has 3 nitrogen and oxygen atoms in total. The SMILES string of the molecule is Clc1ccc(OCCN2CCNCc3ccccc32)cc1. The summed E-state index contributed by atoms with van der Waals surface area (Å²) in [7, 11) is 0. The molecule has 0 saturated heterocycles. The Labute approximate surface area is 130 Å². The number of nitrogens with zero attached hydrogens (tertiary/aromatic N) is 1. The fourth-order valence-corrected chi connectivity index (χ4v) is 2.69. The highest BCUT2D eigenvalue weighted by Crippen LogP contribution is 2.22. The number of rotatable bonds is 4. The second-order valence-corrected chi connectivity index (χ2v) is 5.53. The molecule has 0 radical (unpaired) electrons. The van der Waals surface area contributed by atoms with E-state index in [0.29, 0.717) is 6.61 Å². The van der Waals surface area contributed by atoms with E-state index in [0.717, 1.165) is 37.0 Å². The molecule has 0 spiro atoms. The number of hydrogen-bond donors (Lipinski definition) is 1. The molecule has 0 unspecified atom stereocenters. The van der Waals surface area contributed by atoms with E-state index >= 15 is 0 Å². The lowest BCUT2D eigenvalue weighted by atomic mass is 10.1. The summed E-state index contributed by atoms with van der Waals surface area (Å²) in [5.41, 5.74) is 2.66. The molecule has 21 heavy (non-hydrogen) atoms.